The van der Waals surface area contributed by atoms with E-state index in [0.717, 1.165) is 0 Å². The van der Waals surface area contributed by atoms with E-state index in [9.17, 15) is 19.5 Å². The molecule has 0 radical (unpaired) electrons. The third-order valence-corrected chi connectivity index (χ3v) is 2.88. The third kappa shape index (κ3) is 2.95. The fraction of sp³-hybridized carbons (Fsp3) is 0.143. The predicted molar refractivity (Wildman–Crippen MR) is 79.0 cm³/mol. The van der Waals surface area contributed by atoms with Crippen LogP contribution in [0.25, 0.3) is 0 Å². The van der Waals surface area contributed by atoms with Gasteiger partial charge in [-0.15, -0.1) is 0 Å². The summed E-state index contributed by atoms with van der Waals surface area (Å²) in [5.41, 5.74) is -1.17. The van der Waals surface area contributed by atoms with Gasteiger partial charge in [0.15, 0.2) is 0 Å². The number of esters is 1. The highest BCUT2D eigenvalue weighted by molar-refractivity contribution is 6.03. The van der Waals surface area contributed by atoms with Crippen molar-refractivity contribution in [3.8, 4) is 5.88 Å². The quantitative estimate of drug-likeness (QED) is 0.568. The first-order valence-corrected chi connectivity index (χ1v) is 6.22. The van der Waals surface area contributed by atoms with Gasteiger partial charge in [0.05, 0.1) is 24.1 Å². The molecule has 0 fully saturated rings. The van der Waals surface area contributed by atoms with Crippen LogP contribution in [0, 0.1) is 0 Å². The summed E-state index contributed by atoms with van der Waals surface area (Å²) in [4.78, 5) is 42.7. The van der Waals surface area contributed by atoms with Crippen LogP contribution in [0.5, 0.6) is 5.88 Å². The molecule has 114 valence electrons. The maximum Gasteiger partial charge on any atom is 0.340 e. The number of aliphatic imine (C=N–C) groups is 1. The number of carbonyl (C=O) groups excluding carboxylic acids is 1. The van der Waals surface area contributed by atoms with Gasteiger partial charge in [0.25, 0.3) is 5.56 Å². The zero-order valence-corrected chi connectivity index (χ0v) is 11.8. The number of aromatic amines is 2. The normalized spacial score (nSPS) is 11.3. The molecule has 0 saturated heterocycles. The van der Waals surface area contributed by atoms with Gasteiger partial charge in [-0.05, 0) is 19.1 Å². The summed E-state index contributed by atoms with van der Waals surface area (Å²) in [6.07, 6.45) is 0. The van der Waals surface area contributed by atoms with Crippen LogP contribution < -0.4 is 11.2 Å². The van der Waals surface area contributed by atoms with Crippen molar-refractivity contribution in [3.05, 3.63) is 56.2 Å². The second-order valence-corrected chi connectivity index (χ2v) is 4.34. The van der Waals surface area contributed by atoms with Crippen LogP contribution in [0.1, 0.15) is 22.8 Å². The van der Waals surface area contributed by atoms with Crippen LogP contribution in [0.15, 0.2) is 38.8 Å². The number of aromatic hydroxyl groups is 1. The lowest BCUT2D eigenvalue weighted by atomic mass is 10.1. The van der Waals surface area contributed by atoms with Crippen molar-refractivity contribution in [3.63, 3.8) is 0 Å². The van der Waals surface area contributed by atoms with Crippen molar-refractivity contribution in [2.24, 2.45) is 4.99 Å². The Kier molecular flexibility index (Phi) is 4.21. The number of para-hydroxylation sites is 1. The number of hydrogen-bond acceptors (Lipinski definition) is 6. The van der Waals surface area contributed by atoms with Crippen LogP contribution in [-0.2, 0) is 4.74 Å². The molecule has 1 aromatic heterocycles. The highest BCUT2D eigenvalue weighted by atomic mass is 16.5. The van der Waals surface area contributed by atoms with E-state index in [-0.39, 0.29) is 22.5 Å². The lowest BCUT2D eigenvalue weighted by Gasteiger charge is -2.06. The maximum absolute atomic E-state index is 11.8. The Bertz CT molecular complexity index is 863. The second-order valence-electron chi connectivity index (χ2n) is 4.34. The van der Waals surface area contributed by atoms with Gasteiger partial charge in [-0.2, -0.15) is 0 Å². The molecule has 0 aliphatic heterocycles. The van der Waals surface area contributed by atoms with E-state index in [1.165, 1.54) is 20.1 Å². The van der Waals surface area contributed by atoms with Gasteiger partial charge < -0.3 is 9.84 Å². The monoisotopic (exact) mass is 303 g/mol. The summed E-state index contributed by atoms with van der Waals surface area (Å²) < 4.78 is 4.65. The minimum Gasteiger partial charge on any atom is -0.494 e. The molecule has 0 unspecified atom stereocenters. The number of hydrogen-bond donors (Lipinski definition) is 3. The number of methoxy groups -OCH3 is 1. The van der Waals surface area contributed by atoms with Crippen molar-refractivity contribution in [1.29, 1.82) is 0 Å². The van der Waals surface area contributed by atoms with Gasteiger partial charge in [-0.3, -0.25) is 19.8 Å². The molecule has 2 rings (SSSR count). The number of benzene rings is 1. The van der Waals surface area contributed by atoms with Crippen molar-refractivity contribution in [2.75, 3.05) is 7.11 Å². The molecule has 0 saturated carbocycles. The van der Waals surface area contributed by atoms with Crippen LogP contribution in [0.4, 0.5) is 5.69 Å². The predicted octanol–water partition coefficient (Wildman–Crippen LogP) is 0.696. The number of rotatable bonds is 3. The van der Waals surface area contributed by atoms with Gasteiger partial charge in [-0.1, -0.05) is 12.1 Å². The Hall–Kier alpha value is -3.16. The van der Waals surface area contributed by atoms with Crippen LogP contribution in [0.3, 0.4) is 0 Å². The van der Waals surface area contributed by atoms with E-state index < -0.39 is 23.1 Å². The number of nitrogens with zero attached hydrogens (tertiary/aromatic N) is 1. The number of aromatic nitrogens is 2. The van der Waals surface area contributed by atoms with Gasteiger partial charge in [0.2, 0.25) is 5.88 Å². The Labute approximate surface area is 124 Å². The summed E-state index contributed by atoms with van der Waals surface area (Å²) in [6.45, 7) is 1.47. The average Bonchev–Trinajstić information content (AvgIpc) is 2.46. The van der Waals surface area contributed by atoms with Gasteiger partial charge in [0.1, 0.15) is 5.56 Å². The minimum absolute atomic E-state index is 0.131. The highest BCUT2D eigenvalue weighted by Gasteiger charge is 2.14. The lowest BCUT2D eigenvalue weighted by Crippen LogP contribution is -2.27. The SMILES string of the molecule is COC(=O)c1ccccc1N=C(C)c1c(O)[nH]c(=O)[nH]c1=O. The Balaban J connectivity index is 2.58. The van der Waals surface area contributed by atoms with E-state index >= 15 is 0 Å². The first-order valence-electron chi connectivity index (χ1n) is 6.22. The van der Waals surface area contributed by atoms with Gasteiger partial charge in [-0.25, -0.2) is 9.59 Å². The molecule has 0 amide bonds. The fourth-order valence-corrected chi connectivity index (χ4v) is 1.90. The fourth-order valence-electron chi connectivity index (χ4n) is 1.90. The first kappa shape index (κ1) is 15.2. The highest BCUT2D eigenvalue weighted by Crippen LogP contribution is 2.21. The van der Waals surface area contributed by atoms with Crippen LogP contribution in [-0.4, -0.2) is 33.9 Å². The van der Waals surface area contributed by atoms with Gasteiger partial charge >= 0.3 is 11.7 Å². The average molecular weight is 303 g/mol. The molecule has 0 aliphatic carbocycles. The summed E-state index contributed by atoms with van der Waals surface area (Å²) in [5, 5.41) is 9.70. The van der Waals surface area contributed by atoms with E-state index in [4.69, 9.17) is 0 Å². The second kappa shape index (κ2) is 6.08. The molecule has 8 nitrogen and oxygen atoms in total. The molecule has 3 N–H and O–H groups in total. The Morgan fingerprint density at radius 3 is 2.55 bits per heavy atom. The molecule has 22 heavy (non-hydrogen) atoms. The van der Waals surface area contributed by atoms with Crippen molar-refractivity contribution in [2.45, 2.75) is 6.92 Å². The van der Waals surface area contributed by atoms with E-state index in [1.807, 2.05) is 4.98 Å². The number of H-pyrrole nitrogens is 2. The standard InChI is InChI=1S/C14H13N3O5/c1-7(10-11(18)16-14(21)17-12(10)19)15-9-6-4-3-5-8(9)13(20)22-2/h3-6H,1-2H3,(H3,16,17,18,19,21). The summed E-state index contributed by atoms with van der Waals surface area (Å²) in [7, 11) is 1.24. The molecule has 2 aromatic rings. The van der Waals surface area contributed by atoms with E-state index in [0.29, 0.717) is 0 Å². The zero-order chi connectivity index (χ0) is 16.3. The molecular formula is C14H13N3O5. The lowest BCUT2D eigenvalue weighted by molar-refractivity contribution is 0.0601. The molecule has 0 aliphatic rings. The maximum atomic E-state index is 11.8. The third-order valence-electron chi connectivity index (χ3n) is 2.88. The molecule has 0 atom stereocenters. The Morgan fingerprint density at radius 2 is 1.91 bits per heavy atom. The summed E-state index contributed by atoms with van der Waals surface area (Å²) in [6, 6.07) is 6.39. The van der Waals surface area contributed by atoms with Crippen molar-refractivity contribution in [1.82, 2.24) is 9.97 Å². The van der Waals surface area contributed by atoms with Gasteiger partial charge in [0, 0.05) is 0 Å². The summed E-state index contributed by atoms with van der Waals surface area (Å²) >= 11 is 0. The largest absolute Gasteiger partial charge is 0.494 e. The smallest absolute Gasteiger partial charge is 0.340 e. The molecule has 1 aromatic carbocycles. The molecule has 8 heteroatoms. The molecule has 1 heterocycles. The minimum atomic E-state index is -0.825. The molecule has 0 spiro atoms. The number of ether oxygens (including phenoxy) is 1. The van der Waals surface area contributed by atoms with Crippen LogP contribution in [0.2, 0.25) is 0 Å². The van der Waals surface area contributed by atoms with E-state index in [2.05, 4.69) is 14.7 Å². The topological polar surface area (TPSA) is 125 Å². The summed E-state index contributed by atoms with van der Waals surface area (Å²) in [5.74, 6) is -1.17. The van der Waals surface area contributed by atoms with Crippen molar-refractivity contribution < 1.29 is 14.6 Å². The van der Waals surface area contributed by atoms with E-state index in [1.54, 1.807) is 18.2 Å². The zero-order valence-electron chi connectivity index (χ0n) is 11.8. The molecule has 0 bridgehead atoms. The van der Waals surface area contributed by atoms with Crippen molar-refractivity contribution >= 4 is 17.4 Å². The number of nitrogens with one attached hydrogen (secondary N) is 2. The number of carbonyl (C=O) groups is 1. The first-order chi connectivity index (χ1) is 10.4. The van der Waals surface area contributed by atoms with Crippen LogP contribution >= 0.6 is 0 Å². The Morgan fingerprint density at radius 1 is 1.23 bits per heavy atom. The molecular weight excluding hydrogens is 290 g/mol.